The van der Waals surface area contributed by atoms with E-state index in [2.05, 4.69) is 10.3 Å². The molecule has 0 fully saturated rings. The van der Waals surface area contributed by atoms with Gasteiger partial charge in [0.1, 0.15) is 5.01 Å². The summed E-state index contributed by atoms with van der Waals surface area (Å²) in [5.41, 5.74) is 1.71. The summed E-state index contributed by atoms with van der Waals surface area (Å²) in [5, 5.41) is 5.62. The molecule has 2 heterocycles. The van der Waals surface area contributed by atoms with E-state index in [0.717, 1.165) is 5.39 Å². The van der Waals surface area contributed by atoms with E-state index in [1.807, 2.05) is 13.0 Å². The first kappa shape index (κ1) is 19.2. The molecular formula is C21H18FN3O3S. The van der Waals surface area contributed by atoms with Crippen LogP contribution in [0.3, 0.4) is 0 Å². The SMILES string of the molecule is CC(CCC(=O)NC=O)N1C(=O)c2cccc3c(C(F)c4nccs4)ccc1c23. The van der Waals surface area contributed by atoms with Crippen molar-refractivity contribution in [2.45, 2.75) is 32.0 Å². The molecule has 2 aromatic carbocycles. The third-order valence-corrected chi connectivity index (χ3v) is 5.96. The van der Waals surface area contributed by atoms with Gasteiger partial charge in [0.05, 0.1) is 5.69 Å². The van der Waals surface area contributed by atoms with Crippen LogP contribution in [0.5, 0.6) is 0 Å². The number of rotatable bonds is 7. The number of amides is 3. The summed E-state index contributed by atoms with van der Waals surface area (Å²) in [5.74, 6) is -0.559. The molecular weight excluding hydrogens is 393 g/mol. The molecule has 3 amide bonds. The number of hydrogen-bond donors (Lipinski definition) is 1. The summed E-state index contributed by atoms with van der Waals surface area (Å²) in [6, 6.07) is 8.50. The zero-order valence-corrected chi connectivity index (χ0v) is 16.4. The predicted octanol–water partition coefficient (Wildman–Crippen LogP) is 3.76. The number of carbonyl (C=O) groups excluding carboxylic acids is 3. The van der Waals surface area contributed by atoms with Crippen molar-refractivity contribution >= 4 is 46.0 Å². The molecule has 148 valence electrons. The second-order valence-electron chi connectivity index (χ2n) is 6.88. The lowest BCUT2D eigenvalue weighted by atomic mass is 9.98. The summed E-state index contributed by atoms with van der Waals surface area (Å²) in [4.78, 5) is 40.8. The lowest BCUT2D eigenvalue weighted by molar-refractivity contribution is -0.125. The Morgan fingerprint density at radius 1 is 1.34 bits per heavy atom. The van der Waals surface area contributed by atoms with Crippen molar-refractivity contribution in [2.75, 3.05) is 4.90 Å². The molecule has 29 heavy (non-hydrogen) atoms. The largest absolute Gasteiger partial charge is 0.305 e. The van der Waals surface area contributed by atoms with E-state index in [1.165, 1.54) is 11.3 Å². The molecule has 3 aromatic rings. The number of thiazole rings is 1. The van der Waals surface area contributed by atoms with Crippen molar-refractivity contribution in [1.82, 2.24) is 10.3 Å². The molecule has 2 atom stereocenters. The van der Waals surface area contributed by atoms with Gasteiger partial charge < -0.3 is 4.90 Å². The Kier molecular flexibility index (Phi) is 5.10. The zero-order chi connectivity index (χ0) is 20.5. The smallest absolute Gasteiger partial charge is 0.259 e. The Hall–Kier alpha value is -3.13. The normalized spacial score (nSPS) is 14.8. The van der Waals surface area contributed by atoms with Gasteiger partial charge in [0.15, 0.2) is 6.17 Å². The first-order chi connectivity index (χ1) is 14.0. The Balaban J connectivity index is 1.71. The van der Waals surface area contributed by atoms with Gasteiger partial charge in [-0.1, -0.05) is 18.2 Å². The predicted molar refractivity (Wildman–Crippen MR) is 109 cm³/mol. The highest BCUT2D eigenvalue weighted by atomic mass is 32.1. The first-order valence-electron chi connectivity index (χ1n) is 9.18. The Bertz CT molecular complexity index is 1100. The number of halogens is 1. The minimum atomic E-state index is -1.37. The van der Waals surface area contributed by atoms with Crippen LogP contribution in [0.2, 0.25) is 0 Å². The van der Waals surface area contributed by atoms with Crippen LogP contribution in [-0.4, -0.2) is 29.3 Å². The van der Waals surface area contributed by atoms with Crippen molar-refractivity contribution < 1.29 is 18.8 Å². The zero-order valence-electron chi connectivity index (χ0n) is 15.6. The number of nitrogens with one attached hydrogen (secondary N) is 1. The first-order valence-corrected chi connectivity index (χ1v) is 10.1. The van der Waals surface area contributed by atoms with Crippen LogP contribution < -0.4 is 10.2 Å². The van der Waals surface area contributed by atoms with Gasteiger partial charge in [0, 0.05) is 40.6 Å². The molecule has 6 nitrogen and oxygen atoms in total. The van der Waals surface area contributed by atoms with Crippen LogP contribution >= 0.6 is 11.3 Å². The van der Waals surface area contributed by atoms with Crippen LogP contribution in [-0.2, 0) is 9.59 Å². The van der Waals surface area contributed by atoms with Gasteiger partial charge in [-0.3, -0.25) is 19.7 Å². The number of carbonyl (C=O) groups is 3. The summed E-state index contributed by atoms with van der Waals surface area (Å²) >= 11 is 1.25. The lowest BCUT2D eigenvalue weighted by Gasteiger charge is -2.25. The van der Waals surface area contributed by atoms with Gasteiger partial charge in [0.2, 0.25) is 12.3 Å². The van der Waals surface area contributed by atoms with Crippen molar-refractivity contribution in [3.8, 4) is 0 Å². The topological polar surface area (TPSA) is 79.4 Å². The van der Waals surface area contributed by atoms with Crippen molar-refractivity contribution in [2.24, 2.45) is 0 Å². The Morgan fingerprint density at radius 2 is 2.17 bits per heavy atom. The van der Waals surface area contributed by atoms with Crippen molar-refractivity contribution in [1.29, 1.82) is 0 Å². The Labute approximate surface area is 170 Å². The molecule has 4 rings (SSSR count). The van der Waals surface area contributed by atoms with Gasteiger partial charge in [-0.2, -0.15) is 0 Å². The van der Waals surface area contributed by atoms with Gasteiger partial charge in [-0.15, -0.1) is 11.3 Å². The minimum Gasteiger partial charge on any atom is -0.305 e. The molecule has 0 aliphatic carbocycles. The highest BCUT2D eigenvalue weighted by Crippen LogP contribution is 2.43. The molecule has 2 unspecified atom stereocenters. The molecule has 1 N–H and O–H groups in total. The number of hydrogen-bond acceptors (Lipinski definition) is 5. The standard InChI is InChI=1S/C21H18FN3O3S/c1-12(5-8-17(27)24-11-26)25-16-7-6-14(19(22)20-23-9-10-29-20)13-3-2-4-15(18(13)16)21(25)28/h2-4,6-7,9-12,19H,5,8H2,1H3,(H,24,26,27). The number of benzene rings is 2. The van der Waals surface area contributed by atoms with Crippen LogP contribution in [0, 0.1) is 0 Å². The fourth-order valence-electron chi connectivity index (χ4n) is 3.79. The van der Waals surface area contributed by atoms with Crippen LogP contribution in [0.25, 0.3) is 10.8 Å². The Morgan fingerprint density at radius 3 is 2.90 bits per heavy atom. The van der Waals surface area contributed by atoms with Crippen molar-refractivity contribution in [3.05, 3.63) is 58.0 Å². The van der Waals surface area contributed by atoms with E-state index >= 15 is 4.39 Å². The second kappa shape index (κ2) is 7.71. The average molecular weight is 411 g/mol. The monoisotopic (exact) mass is 411 g/mol. The van der Waals surface area contributed by atoms with E-state index in [1.54, 1.807) is 40.7 Å². The van der Waals surface area contributed by atoms with E-state index in [9.17, 15) is 14.4 Å². The third kappa shape index (κ3) is 3.29. The van der Waals surface area contributed by atoms with Gasteiger partial charge in [0.25, 0.3) is 5.91 Å². The van der Waals surface area contributed by atoms with Gasteiger partial charge in [-0.05, 0) is 30.9 Å². The molecule has 8 heteroatoms. The highest BCUT2D eigenvalue weighted by molar-refractivity contribution is 7.09. The number of alkyl halides is 1. The summed E-state index contributed by atoms with van der Waals surface area (Å²) in [6.45, 7) is 1.85. The van der Waals surface area contributed by atoms with E-state index in [4.69, 9.17) is 0 Å². The summed E-state index contributed by atoms with van der Waals surface area (Å²) < 4.78 is 15.1. The third-order valence-electron chi connectivity index (χ3n) is 5.15. The van der Waals surface area contributed by atoms with Crippen LogP contribution in [0.15, 0.2) is 41.9 Å². The number of anilines is 1. The van der Waals surface area contributed by atoms with E-state index in [0.29, 0.717) is 40.0 Å². The van der Waals surface area contributed by atoms with E-state index in [-0.39, 0.29) is 24.3 Å². The number of imide groups is 1. The molecule has 1 aliphatic rings. The van der Waals surface area contributed by atoms with Gasteiger partial charge in [-0.25, -0.2) is 9.37 Å². The number of aromatic nitrogens is 1. The van der Waals surface area contributed by atoms with Crippen LogP contribution in [0.4, 0.5) is 10.1 Å². The molecule has 0 spiro atoms. The molecule has 0 radical (unpaired) electrons. The fourth-order valence-corrected chi connectivity index (χ4v) is 4.42. The molecule has 0 saturated carbocycles. The van der Waals surface area contributed by atoms with Crippen molar-refractivity contribution in [3.63, 3.8) is 0 Å². The lowest BCUT2D eigenvalue weighted by Crippen LogP contribution is -2.36. The molecule has 1 aromatic heterocycles. The molecule has 0 saturated heterocycles. The fraction of sp³-hybridized carbons (Fsp3) is 0.238. The minimum absolute atomic E-state index is 0.123. The highest BCUT2D eigenvalue weighted by Gasteiger charge is 2.34. The molecule has 0 bridgehead atoms. The second-order valence-corrected chi connectivity index (χ2v) is 7.81. The van der Waals surface area contributed by atoms with E-state index < -0.39 is 6.17 Å². The number of nitrogens with zero attached hydrogens (tertiary/aromatic N) is 2. The molecule has 1 aliphatic heterocycles. The van der Waals surface area contributed by atoms with Gasteiger partial charge >= 0.3 is 0 Å². The maximum atomic E-state index is 15.1. The summed E-state index contributed by atoms with van der Waals surface area (Å²) in [6.07, 6.45) is 1.07. The summed E-state index contributed by atoms with van der Waals surface area (Å²) in [7, 11) is 0. The van der Waals surface area contributed by atoms with Crippen LogP contribution in [0.1, 0.15) is 46.9 Å². The average Bonchev–Trinajstić information content (AvgIpc) is 3.35. The maximum absolute atomic E-state index is 15.1. The maximum Gasteiger partial charge on any atom is 0.259 e. The quantitative estimate of drug-likeness (QED) is 0.601.